The van der Waals surface area contributed by atoms with E-state index in [1.54, 1.807) is 0 Å². The van der Waals surface area contributed by atoms with Crippen molar-refractivity contribution in [1.29, 1.82) is 0 Å². The van der Waals surface area contributed by atoms with E-state index in [-0.39, 0.29) is 36.2 Å². The quantitative estimate of drug-likeness (QED) is 0.388. The molecule has 0 aliphatic rings. The molecular formula is H3GaO3. The summed E-state index contributed by atoms with van der Waals surface area (Å²) in [4.78, 5) is 0. The molecule has 0 saturated heterocycles. The zero-order valence-corrected chi connectivity index (χ0v) is 4.34. The molecule has 0 atom stereocenters. The van der Waals surface area contributed by atoms with Crippen molar-refractivity contribution in [3.63, 3.8) is 0 Å². The van der Waals surface area contributed by atoms with Crippen molar-refractivity contribution in [1.82, 2.24) is 0 Å². The second-order valence-corrected chi connectivity index (χ2v) is 0. The van der Waals surface area contributed by atoms with Gasteiger partial charge in [0.15, 0.2) is 0 Å². The van der Waals surface area contributed by atoms with Gasteiger partial charge in [-0.05, 0) is 0 Å². The molecule has 4 heteroatoms. The predicted molar refractivity (Wildman–Crippen MR) is 11.6 cm³/mol. The van der Waals surface area contributed by atoms with E-state index in [2.05, 4.69) is 0 Å². The smallest absolute Gasteiger partial charge is 0.870 e. The van der Waals surface area contributed by atoms with Crippen LogP contribution in [0.15, 0.2) is 0 Å². The molecule has 0 aromatic carbocycles. The molecule has 0 rings (SSSR count). The minimum Gasteiger partial charge on any atom is -0.870 e. The summed E-state index contributed by atoms with van der Waals surface area (Å²) in [6, 6.07) is 0. The molecule has 0 aromatic heterocycles. The van der Waals surface area contributed by atoms with E-state index in [4.69, 9.17) is 0 Å². The molecule has 0 amide bonds. The van der Waals surface area contributed by atoms with E-state index >= 15 is 0 Å². The maximum Gasteiger partial charge on any atom is 3.00 e. The van der Waals surface area contributed by atoms with Crippen LogP contribution in [0, 0.1) is 0 Å². The molecule has 0 bridgehead atoms. The van der Waals surface area contributed by atoms with E-state index in [0.717, 1.165) is 0 Å². The van der Waals surface area contributed by atoms with Gasteiger partial charge in [-0.2, -0.15) is 0 Å². The Kier molecular flexibility index (Phi) is 4370. The fourth-order valence-electron chi connectivity index (χ4n) is 0. The Balaban J connectivity index is 0. The Labute approximate surface area is 37.0 Å². The summed E-state index contributed by atoms with van der Waals surface area (Å²) in [5.74, 6) is 0. The topological polar surface area (TPSA) is 90.0 Å². The fraction of sp³-hybridized carbons (Fsp3) is 0. The second kappa shape index (κ2) is 83.5. The summed E-state index contributed by atoms with van der Waals surface area (Å²) in [6.07, 6.45) is 0. The van der Waals surface area contributed by atoms with Gasteiger partial charge in [0.05, 0.1) is 0 Å². The van der Waals surface area contributed by atoms with Crippen LogP contribution in [0.5, 0.6) is 0 Å². The SMILES string of the molecule is [Ga+3].[OH-].[OH-].[OH-]. The van der Waals surface area contributed by atoms with E-state index < -0.39 is 0 Å². The third-order valence-corrected chi connectivity index (χ3v) is 0. The monoisotopic (exact) mass is 120 g/mol. The van der Waals surface area contributed by atoms with Crippen LogP contribution in [-0.2, 0) is 0 Å². The zero-order valence-electron chi connectivity index (χ0n) is 1.92. The first-order valence-corrected chi connectivity index (χ1v) is 0. The van der Waals surface area contributed by atoms with Gasteiger partial charge in [-0.1, -0.05) is 0 Å². The van der Waals surface area contributed by atoms with Crippen molar-refractivity contribution < 1.29 is 16.4 Å². The van der Waals surface area contributed by atoms with Crippen molar-refractivity contribution in [2.24, 2.45) is 0 Å². The molecule has 0 spiro atoms. The Bertz CT molecular complexity index is 3.25. The normalized spacial score (nSPS) is 0. The van der Waals surface area contributed by atoms with E-state index in [9.17, 15) is 0 Å². The van der Waals surface area contributed by atoms with Crippen LogP contribution in [0.1, 0.15) is 0 Å². The number of hydrogen-bond acceptors (Lipinski definition) is 3. The van der Waals surface area contributed by atoms with Gasteiger partial charge in [-0.25, -0.2) is 0 Å². The van der Waals surface area contributed by atoms with Crippen LogP contribution < -0.4 is 0 Å². The molecule has 0 saturated carbocycles. The van der Waals surface area contributed by atoms with E-state index in [0.29, 0.717) is 0 Å². The van der Waals surface area contributed by atoms with Crippen LogP contribution in [0.4, 0.5) is 0 Å². The van der Waals surface area contributed by atoms with Gasteiger partial charge in [0, 0.05) is 0 Å². The maximum atomic E-state index is 0. The van der Waals surface area contributed by atoms with Gasteiger partial charge < -0.3 is 16.4 Å². The van der Waals surface area contributed by atoms with Gasteiger partial charge >= 0.3 is 19.8 Å². The van der Waals surface area contributed by atoms with Gasteiger partial charge in [0.25, 0.3) is 0 Å². The summed E-state index contributed by atoms with van der Waals surface area (Å²) < 4.78 is 0. The molecule has 0 heterocycles. The summed E-state index contributed by atoms with van der Waals surface area (Å²) in [5, 5.41) is 0. The molecule has 3 N–H and O–H groups in total. The van der Waals surface area contributed by atoms with Gasteiger partial charge in [0.1, 0.15) is 0 Å². The molecule has 0 aliphatic carbocycles. The number of rotatable bonds is 0. The molecule has 0 aromatic rings. The van der Waals surface area contributed by atoms with Crippen LogP contribution in [0.3, 0.4) is 0 Å². The third kappa shape index (κ3) is 21.7. The maximum absolute atomic E-state index is 0. The fourth-order valence-corrected chi connectivity index (χ4v) is 0. The standard InChI is InChI=1S/Ga.3H2O/h;3*1H2/q+3;;;/p-3. The molecule has 0 radical (unpaired) electrons. The summed E-state index contributed by atoms with van der Waals surface area (Å²) in [7, 11) is 0. The Morgan fingerprint density at radius 3 is 0.500 bits per heavy atom. The molecule has 4 heavy (non-hydrogen) atoms. The average molecular weight is 121 g/mol. The Hall–Kier alpha value is 0.516. The van der Waals surface area contributed by atoms with E-state index in [1.807, 2.05) is 0 Å². The molecule has 0 unspecified atom stereocenters. The largest absolute Gasteiger partial charge is 3.00 e. The van der Waals surface area contributed by atoms with Gasteiger partial charge in [0.2, 0.25) is 0 Å². The zero-order chi connectivity index (χ0) is 0. The van der Waals surface area contributed by atoms with Gasteiger partial charge in [-0.15, -0.1) is 0 Å². The summed E-state index contributed by atoms with van der Waals surface area (Å²) in [6.45, 7) is 0. The molecule has 3 nitrogen and oxygen atoms in total. The summed E-state index contributed by atoms with van der Waals surface area (Å²) >= 11 is 0. The van der Waals surface area contributed by atoms with Crippen LogP contribution in [0.25, 0.3) is 0 Å². The van der Waals surface area contributed by atoms with Crippen molar-refractivity contribution in [3.8, 4) is 0 Å². The third-order valence-electron chi connectivity index (χ3n) is 0. The van der Waals surface area contributed by atoms with Crippen LogP contribution in [0.2, 0.25) is 0 Å². The van der Waals surface area contributed by atoms with Gasteiger partial charge in [-0.3, -0.25) is 0 Å². The number of hydrogen-bond donors (Lipinski definition) is 0. The molecule has 0 fully saturated rings. The molecule has 0 aliphatic heterocycles. The Morgan fingerprint density at radius 1 is 0.500 bits per heavy atom. The second-order valence-electron chi connectivity index (χ2n) is 0. The van der Waals surface area contributed by atoms with Crippen molar-refractivity contribution in [2.45, 2.75) is 0 Å². The molecule has 24 valence electrons. The minimum absolute atomic E-state index is 0. The molecular weight excluding hydrogens is 118 g/mol. The van der Waals surface area contributed by atoms with Crippen molar-refractivity contribution in [3.05, 3.63) is 0 Å². The van der Waals surface area contributed by atoms with E-state index in [1.165, 1.54) is 0 Å². The first-order chi connectivity index (χ1) is 0. The van der Waals surface area contributed by atoms with Crippen LogP contribution >= 0.6 is 0 Å². The van der Waals surface area contributed by atoms with Crippen LogP contribution in [-0.4, -0.2) is 36.2 Å². The average Bonchev–Trinajstić information content (AvgIpc) is 0. The summed E-state index contributed by atoms with van der Waals surface area (Å²) in [5.41, 5.74) is 0. The Morgan fingerprint density at radius 2 is 0.500 bits per heavy atom. The van der Waals surface area contributed by atoms with Crippen molar-refractivity contribution in [2.75, 3.05) is 0 Å². The first kappa shape index (κ1) is 209. The first-order valence-electron chi connectivity index (χ1n) is 0. The minimum atomic E-state index is 0. The predicted octanol–water partition coefficient (Wildman–Crippen LogP) is -0.911. The van der Waals surface area contributed by atoms with Crippen molar-refractivity contribution >= 4 is 19.8 Å².